The second-order valence-electron chi connectivity index (χ2n) is 4.85. The highest BCUT2D eigenvalue weighted by Gasteiger charge is 2.25. The first-order valence-corrected chi connectivity index (χ1v) is 6.54. The standard InChI is InChI=1S/C13H23N3/c1-3-14-13(11-7-5-4-6-8-11)12-9-10-16(2)15-12/h9-11,13-14H,3-8H2,1-2H3. The molecule has 1 aliphatic rings. The Hall–Kier alpha value is -0.830. The number of hydrogen-bond donors (Lipinski definition) is 1. The molecule has 0 aromatic carbocycles. The summed E-state index contributed by atoms with van der Waals surface area (Å²) in [6, 6.07) is 2.62. The zero-order chi connectivity index (χ0) is 11.4. The van der Waals surface area contributed by atoms with Crippen LogP contribution in [0.1, 0.15) is 50.8 Å². The summed E-state index contributed by atoms with van der Waals surface area (Å²) >= 11 is 0. The van der Waals surface area contributed by atoms with E-state index in [-0.39, 0.29) is 0 Å². The summed E-state index contributed by atoms with van der Waals surface area (Å²) in [4.78, 5) is 0. The van der Waals surface area contributed by atoms with Crippen molar-refractivity contribution >= 4 is 0 Å². The fourth-order valence-electron chi connectivity index (χ4n) is 2.80. The van der Waals surface area contributed by atoms with Crippen molar-refractivity contribution in [2.75, 3.05) is 6.54 Å². The molecular formula is C13H23N3. The van der Waals surface area contributed by atoms with Crippen molar-refractivity contribution in [1.82, 2.24) is 15.1 Å². The lowest BCUT2D eigenvalue weighted by molar-refractivity contribution is 0.269. The normalized spacial score (nSPS) is 19.9. The van der Waals surface area contributed by atoms with E-state index in [1.807, 2.05) is 17.9 Å². The molecule has 3 nitrogen and oxygen atoms in total. The molecule has 0 radical (unpaired) electrons. The molecule has 1 aliphatic carbocycles. The molecule has 1 atom stereocenters. The Morgan fingerprint density at radius 1 is 1.44 bits per heavy atom. The highest BCUT2D eigenvalue weighted by molar-refractivity contribution is 5.07. The molecule has 90 valence electrons. The Bertz CT molecular complexity index is 313. The maximum absolute atomic E-state index is 4.56. The van der Waals surface area contributed by atoms with Crippen LogP contribution in [0.2, 0.25) is 0 Å². The average Bonchev–Trinajstić information content (AvgIpc) is 2.74. The van der Waals surface area contributed by atoms with Gasteiger partial charge < -0.3 is 5.32 Å². The summed E-state index contributed by atoms with van der Waals surface area (Å²) in [5.74, 6) is 0.781. The van der Waals surface area contributed by atoms with Gasteiger partial charge in [-0.1, -0.05) is 26.2 Å². The van der Waals surface area contributed by atoms with E-state index < -0.39 is 0 Å². The molecule has 1 N–H and O–H groups in total. The molecule has 0 spiro atoms. The smallest absolute Gasteiger partial charge is 0.0796 e. The van der Waals surface area contributed by atoms with Crippen molar-refractivity contribution in [2.24, 2.45) is 13.0 Å². The third-order valence-corrected chi connectivity index (χ3v) is 3.60. The predicted octanol–water partition coefficient (Wildman–Crippen LogP) is 2.65. The number of hydrogen-bond acceptors (Lipinski definition) is 2. The van der Waals surface area contributed by atoms with Crippen LogP contribution in [-0.2, 0) is 7.05 Å². The van der Waals surface area contributed by atoms with E-state index in [4.69, 9.17) is 0 Å². The second kappa shape index (κ2) is 5.48. The van der Waals surface area contributed by atoms with Crippen LogP contribution >= 0.6 is 0 Å². The molecule has 1 aromatic rings. The third-order valence-electron chi connectivity index (χ3n) is 3.60. The molecule has 1 unspecified atom stereocenters. The van der Waals surface area contributed by atoms with Crippen LogP contribution in [0.25, 0.3) is 0 Å². The van der Waals surface area contributed by atoms with Crippen LogP contribution in [-0.4, -0.2) is 16.3 Å². The topological polar surface area (TPSA) is 29.9 Å². The molecule has 2 rings (SSSR count). The van der Waals surface area contributed by atoms with E-state index >= 15 is 0 Å². The van der Waals surface area contributed by atoms with Gasteiger partial charge in [0.25, 0.3) is 0 Å². The molecule has 3 heteroatoms. The third kappa shape index (κ3) is 2.64. The van der Waals surface area contributed by atoms with Gasteiger partial charge >= 0.3 is 0 Å². The maximum atomic E-state index is 4.56. The molecule has 0 amide bonds. The molecule has 0 aliphatic heterocycles. The summed E-state index contributed by atoms with van der Waals surface area (Å²) in [5, 5.41) is 8.17. The average molecular weight is 221 g/mol. The fourth-order valence-corrected chi connectivity index (χ4v) is 2.80. The van der Waals surface area contributed by atoms with Crippen LogP contribution in [0, 0.1) is 5.92 Å². The van der Waals surface area contributed by atoms with Crippen molar-refractivity contribution < 1.29 is 0 Å². The highest BCUT2D eigenvalue weighted by Crippen LogP contribution is 2.33. The molecule has 0 bridgehead atoms. The van der Waals surface area contributed by atoms with E-state index in [9.17, 15) is 0 Å². The number of rotatable bonds is 4. The number of aryl methyl sites for hydroxylation is 1. The van der Waals surface area contributed by atoms with Gasteiger partial charge in [-0.15, -0.1) is 0 Å². The van der Waals surface area contributed by atoms with Gasteiger partial charge in [-0.2, -0.15) is 5.10 Å². The van der Waals surface area contributed by atoms with Crippen molar-refractivity contribution in [3.05, 3.63) is 18.0 Å². The molecule has 0 saturated heterocycles. The Kier molecular flexibility index (Phi) is 3.99. The largest absolute Gasteiger partial charge is 0.309 e. The fraction of sp³-hybridized carbons (Fsp3) is 0.769. The van der Waals surface area contributed by atoms with E-state index in [0.717, 1.165) is 12.5 Å². The molecule has 1 aromatic heterocycles. The Balaban J connectivity index is 2.09. The van der Waals surface area contributed by atoms with Crippen molar-refractivity contribution in [2.45, 2.75) is 45.1 Å². The lowest BCUT2D eigenvalue weighted by Gasteiger charge is -2.29. The molecule has 1 fully saturated rings. The summed E-state index contributed by atoms with van der Waals surface area (Å²) in [6.45, 7) is 3.20. The summed E-state index contributed by atoms with van der Waals surface area (Å²) in [7, 11) is 1.99. The highest BCUT2D eigenvalue weighted by atomic mass is 15.3. The van der Waals surface area contributed by atoms with E-state index in [1.54, 1.807) is 0 Å². The minimum Gasteiger partial charge on any atom is -0.309 e. The number of nitrogens with one attached hydrogen (secondary N) is 1. The van der Waals surface area contributed by atoms with Crippen LogP contribution in [0.5, 0.6) is 0 Å². The first-order chi connectivity index (χ1) is 7.81. The monoisotopic (exact) mass is 221 g/mol. The molecular weight excluding hydrogens is 198 g/mol. The van der Waals surface area contributed by atoms with Crippen molar-refractivity contribution in [3.63, 3.8) is 0 Å². The Morgan fingerprint density at radius 2 is 2.19 bits per heavy atom. The van der Waals surface area contributed by atoms with E-state index in [2.05, 4.69) is 23.4 Å². The van der Waals surface area contributed by atoms with Gasteiger partial charge in [0.15, 0.2) is 0 Å². The van der Waals surface area contributed by atoms with Crippen LogP contribution in [0.15, 0.2) is 12.3 Å². The summed E-state index contributed by atoms with van der Waals surface area (Å²) in [5.41, 5.74) is 1.22. The zero-order valence-electron chi connectivity index (χ0n) is 10.4. The van der Waals surface area contributed by atoms with Gasteiger partial charge in [-0.25, -0.2) is 0 Å². The van der Waals surface area contributed by atoms with Gasteiger partial charge in [0.2, 0.25) is 0 Å². The lowest BCUT2D eigenvalue weighted by atomic mass is 9.82. The first kappa shape index (κ1) is 11.6. The number of nitrogens with zero attached hydrogens (tertiary/aromatic N) is 2. The molecule has 1 heterocycles. The van der Waals surface area contributed by atoms with Gasteiger partial charge in [-0.05, 0) is 31.4 Å². The van der Waals surface area contributed by atoms with E-state index in [0.29, 0.717) is 6.04 Å². The lowest BCUT2D eigenvalue weighted by Crippen LogP contribution is -2.30. The maximum Gasteiger partial charge on any atom is 0.0796 e. The first-order valence-electron chi connectivity index (χ1n) is 6.54. The second-order valence-corrected chi connectivity index (χ2v) is 4.85. The quantitative estimate of drug-likeness (QED) is 0.847. The van der Waals surface area contributed by atoms with Gasteiger partial charge in [0.05, 0.1) is 11.7 Å². The molecule has 1 saturated carbocycles. The Labute approximate surface area is 98.2 Å². The zero-order valence-corrected chi connectivity index (χ0v) is 10.4. The minimum absolute atomic E-state index is 0.464. The predicted molar refractivity (Wildman–Crippen MR) is 66.2 cm³/mol. The van der Waals surface area contributed by atoms with Crippen LogP contribution in [0.3, 0.4) is 0 Å². The van der Waals surface area contributed by atoms with E-state index in [1.165, 1.54) is 37.8 Å². The van der Waals surface area contributed by atoms with Gasteiger partial charge in [0, 0.05) is 13.2 Å². The van der Waals surface area contributed by atoms with Crippen molar-refractivity contribution in [1.29, 1.82) is 0 Å². The summed E-state index contributed by atoms with van der Waals surface area (Å²) < 4.78 is 1.91. The molecule has 16 heavy (non-hydrogen) atoms. The minimum atomic E-state index is 0.464. The SMILES string of the molecule is CCNC(c1ccn(C)n1)C1CCCCC1. The summed E-state index contributed by atoms with van der Waals surface area (Å²) in [6.07, 6.45) is 8.95. The Morgan fingerprint density at radius 3 is 2.75 bits per heavy atom. The van der Waals surface area contributed by atoms with Crippen LogP contribution in [0.4, 0.5) is 0 Å². The van der Waals surface area contributed by atoms with Gasteiger partial charge in [-0.3, -0.25) is 4.68 Å². The number of aromatic nitrogens is 2. The van der Waals surface area contributed by atoms with Gasteiger partial charge in [0.1, 0.15) is 0 Å². The van der Waals surface area contributed by atoms with Crippen molar-refractivity contribution in [3.8, 4) is 0 Å². The van der Waals surface area contributed by atoms with Crippen LogP contribution < -0.4 is 5.32 Å².